The Morgan fingerprint density at radius 1 is 0.582 bits per heavy atom. The van der Waals surface area contributed by atoms with E-state index in [1.54, 1.807) is 6.08 Å². The van der Waals surface area contributed by atoms with Crippen LogP contribution in [0.4, 0.5) is 0 Å². The lowest BCUT2D eigenvalue weighted by atomic mass is 10.0. The Balaban J connectivity index is 4.19. The van der Waals surface area contributed by atoms with Crippen molar-refractivity contribution in [3.8, 4) is 0 Å². The molecule has 0 radical (unpaired) electrons. The second-order valence-corrected chi connectivity index (χ2v) is 17.4. The Morgan fingerprint density at radius 3 is 1.40 bits per heavy atom. The normalized spacial score (nSPS) is 14.2. The highest BCUT2D eigenvalue weighted by Gasteiger charge is 2.26. The Bertz CT molecular complexity index is 917. The molecule has 8 nitrogen and oxygen atoms in total. The predicted molar refractivity (Wildman–Crippen MR) is 235 cm³/mol. The van der Waals surface area contributed by atoms with Crippen LogP contribution in [0.5, 0.6) is 0 Å². The van der Waals surface area contributed by atoms with Gasteiger partial charge >= 0.3 is 7.82 Å². The second-order valence-electron chi connectivity index (χ2n) is 16.0. The first-order chi connectivity index (χ1) is 26.9. The molecular weight excluding hydrogens is 707 g/mol. The molecule has 0 bridgehead atoms. The molecule has 0 aliphatic heterocycles. The maximum Gasteiger partial charge on any atom is 0.472 e. The summed E-state index contributed by atoms with van der Waals surface area (Å²) in [5.41, 5.74) is 5.38. The zero-order valence-electron chi connectivity index (χ0n) is 36.2. The highest BCUT2D eigenvalue weighted by Crippen LogP contribution is 2.43. The van der Waals surface area contributed by atoms with Gasteiger partial charge in [0, 0.05) is 13.0 Å². The maximum atomic E-state index is 12.8. The Hall–Kier alpha value is -1.02. The molecule has 5 N–H and O–H groups in total. The fraction of sp³-hybridized carbons (Fsp3) is 0.891. The standard InChI is InChI=1S/C46H91N2O6P/c1-3-5-7-9-11-13-15-17-19-21-23-25-27-29-31-33-35-37-39-45(49)44(43-54-55(51,52)53-42-41-47)48-46(50)40-38-36-34-32-30-28-26-24-22-20-18-16-14-12-10-8-6-4-2/h29,31,37,39,44-45,49H,3-28,30,32-36,38,40-43,47H2,1-2H3,(H,48,50)(H,51,52)/b31-29+,39-37+. The largest absolute Gasteiger partial charge is 0.472 e. The first-order valence-electron chi connectivity index (χ1n) is 23.5. The molecule has 1 amide bonds. The lowest BCUT2D eigenvalue weighted by Gasteiger charge is -2.23. The molecule has 0 aromatic rings. The fourth-order valence-electron chi connectivity index (χ4n) is 6.97. The number of carbonyl (C=O) groups excluding carboxylic acids is 1. The molecule has 326 valence electrons. The van der Waals surface area contributed by atoms with Crippen molar-refractivity contribution in [1.29, 1.82) is 0 Å². The summed E-state index contributed by atoms with van der Waals surface area (Å²) in [4.78, 5) is 22.7. The Labute approximate surface area is 340 Å². The highest BCUT2D eigenvalue weighted by molar-refractivity contribution is 7.47. The van der Waals surface area contributed by atoms with E-state index in [1.165, 1.54) is 173 Å². The first-order valence-corrected chi connectivity index (χ1v) is 25.0. The second kappa shape index (κ2) is 42.6. The molecular formula is C46H91N2O6P. The van der Waals surface area contributed by atoms with Gasteiger partial charge in [-0.15, -0.1) is 0 Å². The summed E-state index contributed by atoms with van der Waals surface area (Å²) in [6.45, 7) is 4.14. The van der Waals surface area contributed by atoms with Gasteiger partial charge in [-0.2, -0.15) is 0 Å². The van der Waals surface area contributed by atoms with Gasteiger partial charge in [-0.3, -0.25) is 13.8 Å². The summed E-state index contributed by atoms with van der Waals surface area (Å²) >= 11 is 0. The number of hydrogen-bond donors (Lipinski definition) is 4. The minimum Gasteiger partial charge on any atom is -0.387 e. The molecule has 0 aromatic carbocycles. The van der Waals surface area contributed by atoms with Gasteiger partial charge in [-0.25, -0.2) is 4.57 Å². The van der Waals surface area contributed by atoms with Gasteiger partial charge in [0.25, 0.3) is 0 Å². The third kappa shape index (κ3) is 41.0. The number of aliphatic hydroxyl groups excluding tert-OH is 1. The van der Waals surface area contributed by atoms with Gasteiger partial charge in [0.05, 0.1) is 25.4 Å². The van der Waals surface area contributed by atoms with Crippen LogP contribution in [-0.2, 0) is 18.4 Å². The molecule has 3 unspecified atom stereocenters. The molecule has 0 aromatic heterocycles. The zero-order valence-corrected chi connectivity index (χ0v) is 37.1. The number of phosphoric acid groups is 1. The number of rotatable bonds is 44. The van der Waals surface area contributed by atoms with Gasteiger partial charge in [0.2, 0.25) is 5.91 Å². The van der Waals surface area contributed by atoms with Crippen LogP contribution in [0.25, 0.3) is 0 Å². The van der Waals surface area contributed by atoms with E-state index in [2.05, 4.69) is 31.3 Å². The molecule has 0 rings (SSSR count). The molecule has 0 heterocycles. The van der Waals surface area contributed by atoms with Crippen LogP contribution in [-0.4, -0.2) is 47.8 Å². The van der Waals surface area contributed by atoms with Crippen LogP contribution in [0.1, 0.15) is 232 Å². The smallest absolute Gasteiger partial charge is 0.387 e. The van der Waals surface area contributed by atoms with Crippen LogP contribution in [0, 0.1) is 0 Å². The minimum absolute atomic E-state index is 0.0760. The van der Waals surface area contributed by atoms with E-state index < -0.39 is 20.0 Å². The van der Waals surface area contributed by atoms with Crippen molar-refractivity contribution < 1.29 is 28.4 Å². The van der Waals surface area contributed by atoms with Crippen molar-refractivity contribution in [2.45, 2.75) is 244 Å². The molecule has 3 atom stereocenters. The summed E-state index contributed by atoms with van der Waals surface area (Å²) in [6.07, 6.45) is 49.5. The monoisotopic (exact) mass is 799 g/mol. The van der Waals surface area contributed by atoms with E-state index in [0.717, 1.165) is 38.5 Å². The highest BCUT2D eigenvalue weighted by atomic mass is 31.2. The molecule has 0 saturated heterocycles. The average molecular weight is 799 g/mol. The van der Waals surface area contributed by atoms with E-state index in [-0.39, 0.29) is 25.7 Å². The van der Waals surface area contributed by atoms with Crippen LogP contribution >= 0.6 is 7.82 Å². The van der Waals surface area contributed by atoms with Gasteiger partial charge in [0.1, 0.15) is 0 Å². The lowest BCUT2D eigenvalue weighted by Crippen LogP contribution is -2.45. The quantitative estimate of drug-likeness (QED) is 0.0274. The summed E-state index contributed by atoms with van der Waals surface area (Å²) in [5, 5.41) is 13.7. The van der Waals surface area contributed by atoms with E-state index in [0.29, 0.717) is 6.42 Å². The molecule has 0 fully saturated rings. The van der Waals surface area contributed by atoms with Crippen molar-refractivity contribution in [1.82, 2.24) is 5.32 Å². The summed E-state index contributed by atoms with van der Waals surface area (Å²) < 4.78 is 22.1. The van der Waals surface area contributed by atoms with Gasteiger partial charge in [0.15, 0.2) is 0 Å². The van der Waals surface area contributed by atoms with E-state index in [4.69, 9.17) is 14.8 Å². The van der Waals surface area contributed by atoms with Crippen molar-refractivity contribution in [2.75, 3.05) is 19.8 Å². The van der Waals surface area contributed by atoms with Crippen LogP contribution in [0.3, 0.4) is 0 Å². The van der Waals surface area contributed by atoms with Gasteiger partial charge in [-0.1, -0.05) is 218 Å². The van der Waals surface area contributed by atoms with Crippen LogP contribution in [0.15, 0.2) is 24.3 Å². The van der Waals surface area contributed by atoms with Crippen molar-refractivity contribution in [3.05, 3.63) is 24.3 Å². The molecule has 0 saturated carbocycles. The first kappa shape index (κ1) is 54.0. The van der Waals surface area contributed by atoms with E-state index >= 15 is 0 Å². The Kier molecular flexibility index (Phi) is 41.8. The van der Waals surface area contributed by atoms with Gasteiger partial charge in [-0.05, 0) is 32.1 Å². The molecule has 0 spiro atoms. The molecule has 9 heteroatoms. The number of carbonyl (C=O) groups is 1. The number of nitrogens with two attached hydrogens (primary N) is 1. The predicted octanol–water partition coefficient (Wildman–Crippen LogP) is 13.3. The SMILES string of the molecule is CCCCCCCCCCCCCC/C=C/CC/C=C/C(O)C(COP(=O)(O)OCCN)NC(=O)CCCCCCCCCCCCCCCCCCCC. The van der Waals surface area contributed by atoms with E-state index in [9.17, 15) is 19.4 Å². The minimum atomic E-state index is -4.34. The lowest BCUT2D eigenvalue weighted by molar-refractivity contribution is -0.123. The Morgan fingerprint density at radius 2 is 0.964 bits per heavy atom. The summed E-state index contributed by atoms with van der Waals surface area (Å²) in [5.74, 6) is -0.200. The number of aliphatic hydroxyl groups is 1. The van der Waals surface area contributed by atoms with Gasteiger partial charge < -0.3 is 21.1 Å². The van der Waals surface area contributed by atoms with Crippen molar-refractivity contribution in [2.24, 2.45) is 5.73 Å². The number of allylic oxidation sites excluding steroid dienone is 3. The summed E-state index contributed by atoms with van der Waals surface area (Å²) in [6, 6.07) is -0.873. The number of unbranched alkanes of at least 4 members (excludes halogenated alkanes) is 30. The van der Waals surface area contributed by atoms with Crippen LogP contribution < -0.4 is 11.1 Å². The third-order valence-corrected chi connectivity index (χ3v) is 11.5. The fourth-order valence-corrected chi connectivity index (χ4v) is 7.73. The number of phosphoric ester groups is 1. The average Bonchev–Trinajstić information content (AvgIpc) is 3.17. The third-order valence-electron chi connectivity index (χ3n) is 10.5. The summed E-state index contributed by atoms with van der Waals surface area (Å²) in [7, 11) is -4.34. The van der Waals surface area contributed by atoms with Crippen LogP contribution in [0.2, 0.25) is 0 Å². The zero-order chi connectivity index (χ0) is 40.3. The van der Waals surface area contributed by atoms with Crippen molar-refractivity contribution in [3.63, 3.8) is 0 Å². The maximum absolute atomic E-state index is 12.8. The molecule has 55 heavy (non-hydrogen) atoms. The topological polar surface area (TPSA) is 131 Å². The van der Waals surface area contributed by atoms with E-state index in [1.807, 2.05) is 6.08 Å². The number of hydrogen-bond acceptors (Lipinski definition) is 6. The number of amides is 1. The number of nitrogens with one attached hydrogen (secondary N) is 1. The van der Waals surface area contributed by atoms with Crippen molar-refractivity contribution >= 4 is 13.7 Å². The molecule has 0 aliphatic carbocycles. The molecule has 0 aliphatic rings.